The summed E-state index contributed by atoms with van der Waals surface area (Å²) >= 11 is 0. The Balaban J connectivity index is 1.38. The molecule has 4 heterocycles. The minimum Gasteiger partial charge on any atom is -0.601 e. The van der Waals surface area contributed by atoms with Crippen LogP contribution in [0.25, 0.3) is 77.0 Å². The van der Waals surface area contributed by atoms with Crippen molar-refractivity contribution in [3.63, 3.8) is 0 Å². The van der Waals surface area contributed by atoms with E-state index in [4.69, 9.17) is 13.7 Å². The Bertz CT molecular complexity index is 2650. The van der Waals surface area contributed by atoms with Crippen LogP contribution in [0.2, 0.25) is 0 Å². The van der Waals surface area contributed by atoms with Crippen LogP contribution in [0.1, 0.15) is 0 Å². The monoisotopic (exact) mass is 578 g/mol. The van der Waals surface area contributed by atoms with E-state index in [1.807, 2.05) is 18.2 Å². The Labute approximate surface area is 257 Å². The van der Waals surface area contributed by atoms with E-state index in [0.717, 1.165) is 82.6 Å². The van der Waals surface area contributed by atoms with Gasteiger partial charge in [-0.15, -0.1) is 0 Å². The molecule has 1 spiro atoms. The second kappa shape index (κ2) is 8.13. The van der Waals surface area contributed by atoms with Gasteiger partial charge >= 0.3 is 12.7 Å². The van der Waals surface area contributed by atoms with Crippen molar-refractivity contribution in [3.8, 4) is 34.1 Å². The second-order valence-corrected chi connectivity index (χ2v) is 12.0. The average molecular weight is 578 g/mol. The van der Waals surface area contributed by atoms with Crippen LogP contribution < -0.4 is 13.8 Å². The average Bonchev–Trinajstić information content (AvgIpc) is 3.61. The van der Waals surface area contributed by atoms with Crippen molar-refractivity contribution in [3.05, 3.63) is 140 Å². The molecule has 0 amide bonds. The Kier molecular flexibility index (Phi) is 4.23. The van der Waals surface area contributed by atoms with Crippen LogP contribution in [0.4, 0.5) is 0 Å². The van der Waals surface area contributed by atoms with E-state index < -0.39 is 6.82 Å². The quantitative estimate of drug-likeness (QED) is 0.169. The third-order valence-electron chi connectivity index (χ3n) is 9.76. The fourth-order valence-corrected chi connectivity index (χ4v) is 7.97. The fraction of sp³-hybridized carbons (Fsp3) is 0. The van der Waals surface area contributed by atoms with E-state index in [9.17, 15) is 0 Å². The minimum atomic E-state index is -2.51. The Hall–Kier alpha value is -6.01. The predicted molar refractivity (Wildman–Crippen MR) is 180 cm³/mol. The fourth-order valence-electron chi connectivity index (χ4n) is 7.97. The first-order valence-electron chi connectivity index (χ1n) is 15.3. The van der Waals surface area contributed by atoms with Crippen LogP contribution in [-0.2, 0) is 0 Å². The molecule has 0 N–H and O–H groups in total. The first-order valence-corrected chi connectivity index (χ1v) is 15.3. The van der Waals surface area contributed by atoms with Gasteiger partial charge in [-0.1, -0.05) is 103 Å². The van der Waals surface area contributed by atoms with Gasteiger partial charge in [0.1, 0.15) is 5.56 Å². The molecule has 0 radical (unpaired) electrons. The maximum absolute atomic E-state index is 7.54. The molecule has 210 valence electrons. The summed E-state index contributed by atoms with van der Waals surface area (Å²) in [5.41, 5.74) is 6.80. The zero-order chi connectivity index (χ0) is 29.3. The zero-order valence-electron chi connectivity index (χ0n) is 24.0. The summed E-state index contributed by atoms with van der Waals surface area (Å²) in [6, 6.07) is 48.6. The summed E-state index contributed by atoms with van der Waals surface area (Å²) in [5.74, 6) is 2.24. The second-order valence-electron chi connectivity index (χ2n) is 12.0. The molecule has 5 nitrogen and oxygen atoms in total. The van der Waals surface area contributed by atoms with Gasteiger partial charge in [0.25, 0.3) is 0 Å². The van der Waals surface area contributed by atoms with Crippen molar-refractivity contribution in [2.75, 3.05) is 0 Å². The van der Waals surface area contributed by atoms with Crippen LogP contribution in [-0.4, -0.2) is 11.3 Å². The lowest BCUT2D eigenvalue weighted by molar-refractivity contribution is -0.539. The van der Waals surface area contributed by atoms with Crippen LogP contribution in [0.3, 0.4) is 0 Å². The van der Waals surface area contributed by atoms with Crippen LogP contribution in [0.5, 0.6) is 11.5 Å². The predicted octanol–water partition coefficient (Wildman–Crippen LogP) is 9.09. The number of para-hydroxylation sites is 4. The van der Waals surface area contributed by atoms with Gasteiger partial charge in [-0.2, -0.15) is 0 Å². The van der Waals surface area contributed by atoms with E-state index in [-0.39, 0.29) is 0 Å². The maximum Gasteiger partial charge on any atom is 0.783 e. The third kappa shape index (κ3) is 2.83. The Morgan fingerprint density at radius 3 is 1.84 bits per heavy atom. The van der Waals surface area contributed by atoms with Crippen LogP contribution in [0, 0.1) is 0 Å². The molecule has 0 aliphatic carbocycles. The highest BCUT2D eigenvalue weighted by atomic mass is 16.6. The summed E-state index contributed by atoms with van der Waals surface area (Å²) < 4.78 is 26.2. The summed E-state index contributed by atoms with van der Waals surface area (Å²) in [4.78, 5) is 0. The van der Waals surface area contributed by atoms with Gasteiger partial charge in [-0.25, -0.2) is 0 Å². The molecule has 0 atom stereocenters. The number of nitrogens with zero attached hydrogens (tertiary/aromatic N) is 2. The molecule has 45 heavy (non-hydrogen) atoms. The third-order valence-corrected chi connectivity index (χ3v) is 9.76. The standard InChI is InChI=1S/C39H23BN2O3/c1-3-12-26-24(10-1)20-22-34-36(26)37-27-13-4-2-11-25(27)21-23-35(37)45-40(44-34)41-31-17-6-5-14-28(31)29-15-9-16-30(38(29)41)39-42(40)32-18-7-8-19-33(32)43-39/h1-23H. The van der Waals surface area contributed by atoms with Crippen molar-refractivity contribution < 1.29 is 18.2 Å². The molecular formula is C39H23BN2O3. The number of hydrogen-bond acceptors (Lipinski definition) is 3. The van der Waals surface area contributed by atoms with Gasteiger partial charge in [0.15, 0.2) is 5.58 Å². The van der Waals surface area contributed by atoms with Gasteiger partial charge in [0.2, 0.25) is 5.52 Å². The van der Waals surface area contributed by atoms with Crippen molar-refractivity contribution in [1.82, 2.24) is 4.48 Å². The summed E-state index contributed by atoms with van der Waals surface area (Å²) in [5, 5.41) is 6.79. The smallest absolute Gasteiger partial charge is 0.601 e. The Morgan fingerprint density at radius 2 is 1.11 bits per heavy atom. The number of hydrogen-bond donors (Lipinski definition) is 0. The van der Waals surface area contributed by atoms with Crippen molar-refractivity contribution in [1.29, 1.82) is 0 Å². The maximum atomic E-state index is 7.54. The highest BCUT2D eigenvalue weighted by Crippen LogP contribution is 2.51. The molecule has 0 bridgehead atoms. The molecule has 0 saturated carbocycles. The highest BCUT2D eigenvalue weighted by Gasteiger charge is 2.60. The molecule has 9 aromatic rings. The van der Waals surface area contributed by atoms with Gasteiger partial charge in [-0.3, -0.25) is 4.48 Å². The largest absolute Gasteiger partial charge is 0.783 e. The number of fused-ring (bicyclic) bond motifs is 16. The summed E-state index contributed by atoms with van der Waals surface area (Å²) in [6.45, 7) is -2.51. The molecule has 7 aromatic carbocycles. The van der Waals surface area contributed by atoms with Crippen LogP contribution in [0.15, 0.2) is 144 Å². The van der Waals surface area contributed by atoms with Crippen LogP contribution >= 0.6 is 0 Å². The first kappa shape index (κ1) is 23.5. The lowest BCUT2D eigenvalue weighted by atomic mass is 9.82. The number of benzene rings is 7. The summed E-state index contributed by atoms with van der Waals surface area (Å²) in [6.07, 6.45) is 0. The van der Waals surface area contributed by atoms with Gasteiger partial charge in [-0.05, 0) is 51.9 Å². The number of aromatic nitrogens is 2. The van der Waals surface area contributed by atoms with Gasteiger partial charge in [0, 0.05) is 39.0 Å². The highest BCUT2D eigenvalue weighted by molar-refractivity contribution is 6.63. The molecule has 0 fully saturated rings. The van der Waals surface area contributed by atoms with E-state index in [1.54, 1.807) is 0 Å². The topological polar surface area (TPSA) is 40.4 Å². The van der Waals surface area contributed by atoms with Crippen molar-refractivity contribution in [2.24, 2.45) is 0 Å². The zero-order valence-corrected chi connectivity index (χ0v) is 24.0. The molecule has 0 saturated heterocycles. The lowest BCUT2D eigenvalue weighted by Crippen LogP contribution is -2.78. The molecule has 2 aliphatic rings. The molecule has 0 unspecified atom stereocenters. The van der Waals surface area contributed by atoms with Gasteiger partial charge in [0.05, 0.1) is 11.5 Å². The summed E-state index contributed by atoms with van der Waals surface area (Å²) in [7, 11) is 0. The minimum absolute atomic E-state index is 0.712. The van der Waals surface area contributed by atoms with E-state index in [0.29, 0.717) is 5.89 Å². The van der Waals surface area contributed by atoms with E-state index in [1.165, 1.54) is 0 Å². The number of rotatable bonds is 0. The van der Waals surface area contributed by atoms with Crippen molar-refractivity contribution in [2.45, 2.75) is 0 Å². The Morgan fingerprint density at radius 1 is 0.511 bits per heavy atom. The molecule has 2 aliphatic heterocycles. The first-order chi connectivity index (χ1) is 22.3. The lowest BCUT2D eigenvalue weighted by Gasteiger charge is -2.38. The molecule has 2 aromatic heterocycles. The molecule has 11 rings (SSSR count). The van der Waals surface area contributed by atoms with E-state index in [2.05, 4.69) is 130 Å². The molecular weight excluding hydrogens is 555 g/mol. The van der Waals surface area contributed by atoms with Gasteiger partial charge < -0.3 is 18.2 Å². The van der Waals surface area contributed by atoms with Crippen molar-refractivity contribution >= 4 is 61.3 Å². The number of oxazole rings is 1. The normalized spacial score (nSPS) is 14.3. The molecule has 6 heteroatoms. The van der Waals surface area contributed by atoms with E-state index >= 15 is 0 Å². The SMILES string of the molecule is c1ccc2c3c(ccc2c1)O[B-]1(Oc2ccc4ccccc4c2-3)n2c3ccccc3c3cccc(c32)-c2oc3ccccc3[n+]21.